The van der Waals surface area contributed by atoms with Gasteiger partial charge in [0.05, 0.1) is 22.1 Å². The Morgan fingerprint density at radius 1 is 1.17 bits per heavy atom. The minimum atomic E-state index is -4.78. The van der Waals surface area contributed by atoms with Gasteiger partial charge in [0.15, 0.2) is 0 Å². The largest absolute Gasteiger partial charge is 0.593 e. The maximum absolute atomic E-state index is 13.6. The molecule has 6 nitrogen and oxygen atoms in total. The summed E-state index contributed by atoms with van der Waals surface area (Å²) in [5.74, 6) is 0. The number of alkyl halides is 3. The van der Waals surface area contributed by atoms with Crippen LogP contribution in [0.1, 0.15) is 12.6 Å². The zero-order chi connectivity index (χ0) is 21.3. The van der Waals surface area contributed by atoms with Crippen molar-refractivity contribution in [2.75, 3.05) is 6.54 Å². The standard InChI is InChI=1S/C17H13Cl2F3N4O2S/c1-2-24-29(28)13-9-23-26(15(13)17(20,21)22)11-5-3-10(4-6-11)25-8-7-12(18)14(19)16(25)27/h3-9,24H,2H2,1H3. The van der Waals surface area contributed by atoms with Crippen molar-refractivity contribution in [1.29, 1.82) is 0 Å². The number of aromatic nitrogens is 3. The molecular formula is C17H13Cl2F3N4O2S. The monoisotopic (exact) mass is 464 g/mol. The summed E-state index contributed by atoms with van der Waals surface area (Å²) in [6.45, 7) is 1.85. The fraction of sp³-hybridized carbons (Fsp3) is 0.176. The second kappa shape index (κ2) is 8.41. The first-order valence-corrected chi connectivity index (χ1v) is 10.0. The molecule has 3 rings (SSSR count). The zero-order valence-corrected chi connectivity index (χ0v) is 17.0. The van der Waals surface area contributed by atoms with E-state index in [1.807, 2.05) is 0 Å². The van der Waals surface area contributed by atoms with E-state index < -0.39 is 33.7 Å². The summed E-state index contributed by atoms with van der Waals surface area (Å²) >= 11 is 9.58. The summed E-state index contributed by atoms with van der Waals surface area (Å²) in [5, 5.41) is 3.69. The van der Waals surface area contributed by atoms with Crippen LogP contribution in [0.25, 0.3) is 11.4 Å². The van der Waals surface area contributed by atoms with Crippen molar-refractivity contribution < 1.29 is 17.7 Å². The van der Waals surface area contributed by atoms with Gasteiger partial charge in [0, 0.05) is 18.4 Å². The minimum absolute atomic E-state index is 0.0777. The highest BCUT2D eigenvalue weighted by Gasteiger charge is 2.43. The van der Waals surface area contributed by atoms with Gasteiger partial charge < -0.3 is 4.55 Å². The van der Waals surface area contributed by atoms with Crippen LogP contribution in [0.2, 0.25) is 10.0 Å². The second-order valence-electron chi connectivity index (χ2n) is 5.70. The molecule has 0 bridgehead atoms. The number of hydrogen-bond acceptors (Lipinski definition) is 4. The summed E-state index contributed by atoms with van der Waals surface area (Å²) in [5.41, 5.74) is -1.26. The Morgan fingerprint density at radius 2 is 1.79 bits per heavy atom. The molecule has 12 heteroatoms. The van der Waals surface area contributed by atoms with Crippen molar-refractivity contribution >= 4 is 34.6 Å². The van der Waals surface area contributed by atoms with E-state index in [9.17, 15) is 22.5 Å². The van der Waals surface area contributed by atoms with Crippen LogP contribution in [-0.4, -0.2) is 25.4 Å². The van der Waals surface area contributed by atoms with Crippen LogP contribution in [-0.2, 0) is 17.5 Å². The maximum Gasteiger partial charge on any atom is 0.438 e. The Balaban J connectivity index is 2.05. The van der Waals surface area contributed by atoms with Gasteiger partial charge in [-0.05, 0) is 37.3 Å². The van der Waals surface area contributed by atoms with Gasteiger partial charge >= 0.3 is 6.18 Å². The van der Waals surface area contributed by atoms with Crippen molar-refractivity contribution in [3.8, 4) is 11.4 Å². The molecule has 1 N–H and O–H groups in total. The van der Waals surface area contributed by atoms with Crippen LogP contribution in [0.15, 0.2) is 52.4 Å². The van der Waals surface area contributed by atoms with Gasteiger partial charge in [-0.1, -0.05) is 23.2 Å². The van der Waals surface area contributed by atoms with Crippen molar-refractivity contribution in [3.63, 3.8) is 0 Å². The normalized spacial score (nSPS) is 12.9. The third-order valence-corrected chi connectivity index (χ3v) is 5.86. The smallest absolute Gasteiger partial charge is 0.438 e. The van der Waals surface area contributed by atoms with Gasteiger partial charge in [0.2, 0.25) is 10.6 Å². The zero-order valence-electron chi connectivity index (χ0n) is 14.7. The van der Waals surface area contributed by atoms with Crippen LogP contribution in [0.3, 0.4) is 0 Å². The molecule has 0 spiro atoms. The van der Waals surface area contributed by atoms with Crippen LogP contribution in [0, 0.1) is 0 Å². The third-order valence-electron chi connectivity index (χ3n) is 3.84. The first kappa shape index (κ1) is 21.7. The first-order chi connectivity index (χ1) is 13.6. The van der Waals surface area contributed by atoms with E-state index in [-0.39, 0.29) is 22.3 Å². The first-order valence-electron chi connectivity index (χ1n) is 8.13. The average Bonchev–Trinajstić information content (AvgIpc) is 3.12. The molecule has 0 radical (unpaired) electrons. The van der Waals surface area contributed by atoms with Gasteiger partial charge in [-0.15, -0.1) is 4.72 Å². The molecule has 0 amide bonds. The van der Waals surface area contributed by atoms with Crippen LogP contribution >= 0.6 is 23.2 Å². The molecule has 1 unspecified atom stereocenters. The van der Waals surface area contributed by atoms with E-state index in [0.717, 1.165) is 6.20 Å². The Kier molecular flexibility index (Phi) is 6.30. The molecule has 154 valence electrons. The summed E-state index contributed by atoms with van der Waals surface area (Å²) < 4.78 is 57.2. The molecule has 0 fully saturated rings. The maximum atomic E-state index is 13.6. The molecule has 0 saturated heterocycles. The van der Waals surface area contributed by atoms with Crippen molar-refractivity contribution in [2.24, 2.45) is 0 Å². The average molecular weight is 465 g/mol. The minimum Gasteiger partial charge on any atom is -0.593 e. The highest BCUT2D eigenvalue weighted by molar-refractivity contribution is 7.89. The highest BCUT2D eigenvalue weighted by Crippen LogP contribution is 2.35. The van der Waals surface area contributed by atoms with Crippen LogP contribution in [0.4, 0.5) is 13.2 Å². The Labute approximate surface area is 176 Å². The van der Waals surface area contributed by atoms with Gasteiger partial charge in [-0.3, -0.25) is 9.36 Å². The van der Waals surface area contributed by atoms with E-state index in [0.29, 0.717) is 10.4 Å². The van der Waals surface area contributed by atoms with Crippen LogP contribution < -0.4 is 10.3 Å². The summed E-state index contributed by atoms with van der Waals surface area (Å²) in [4.78, 5) is 11.7. The predicted octanol–water partition coefficient (Wildman–Crippen LogP) is 3.98. The molecule has 1 aromatic carbocycles. The lowest BCUT2D eigenvalue weighted by Crippen LogP contribution is -2.26. The molecule has 0 aliphatic rings. The number of benzene rings is 1. The number of pyridine rings is 1. The molecule has 1 atom stereocenters. The summed E-state index contributed by atoms with van der Waals surface area (Å²) in [6, 6.07) is 7.00. The van der Waals surface area contributed by atoms with E-state index in [1.54, 1.807) is 6.92 Å². The highest BCUT2D eigenvalue weighted by atomic mass is 35.5. The number of nitrogens with zero attached hydrogens (tertiary/aromatic N) is 3. The van der Waals surface area contributed by atoms with Crippen LogP contribution in [0.5, 0.6) is 0 Å². The van der Waals surface area contributed by atoms with Crippen molar-refractivity contribution in [3.05, 3.63) is 68.8 Å². The molecular weight excluding hydrogens is 452 g/mol. The molecule has 0 aliphatic carbocycles. The third kappa shape index (κ3) is 4.31. The van der Waals surface area contributed by atoms with Gasteiger partial charge in [0.25, 0.3) is 5.56 Å². The fourth-order valence-corrected chi connectivity index (χ4v) is 3.81. The molecule has 3 aromatic rings. The number of nitrogens with one attached hydrogen (secondary N) is 1. The van der Waals surface area contributed by atoms with Gasteiger partial charge in [0.1, 0.15) is 11.2 Å². The molecule has 2 heterocycles. The Bertz CT molecular complexity index is 1080. The van der Waals surface area contributed by atoms with E-state index in [4.69, 9.17) is 23.2 Å². The number of rotatable bonds is 5. The molecule has 0 aliphatic heterocycles. The lowest BCUT2D eigenvalue weighted by atomic mass is 10.2. The quantitative estimate of drug-likeness (QED) is 0.579. The summed E-state index contributed by atoms with van der Waals surface area (Å²) in [7, 11) is 0. The second-order valence-corrected chi connectivity index (χ2v) is 7.75. The number of halogens is 5. The Hall–Kier alpha value is -1.98. The predicted molar refractivity (Wildman–Crippen MR) is 104 cm³/mol. The molecule has 29 heavy (non-hydrogen) atoms. The van der Waals surface area contributed by atoms with E-state index >= 15 is 0 Å². The topological polar surface area (TPSA) is 74.9 Å². The molecule has 0 saturated carbocycles. The Morgan fingerprint density at radius 3 is 2.38 bits per heavy atom. The summed E-state index contributed by atoms with van der Waals surface area (Å²) in [6.07, 6.45) is -2.46. The van der Waals surface area contributed by atoms with E-state index in [2.05, 4.69) is 9.82 Å². The van der Waals surface area contributed by atoms with Crippen molar-refractivity contribution in [2.45, 2.75) is 18.0 Å². The van der Waals surface area contributed by atoms with Gasteiger partial charge in [-0.25, -0.2) is 4.68 Å². The number of hydrogen-bond donors (Lipinski definition) is 1. The van der Waals surface area contributed by atoms with E-state index in [1.165, 1.54) is 41.1 Å². The molecule has 2 aromatic heterocycles. The lowest BCUT2D eigenvalue weighted by molar-refractivity contribution is -0.145. The van der Waals surface area contributed by atoms with Gasteiger partial charge in [-0.2, -0.15) is 18.3 Å². The lowest BCUT2D eigenvalue weighted by Gasteiger charge is -2.14. The fourth-order valence-electron chi connectivity index (χ4n) is 2.58. The van der Waals surface area contributed by atoms with Crippen molar-refractivity contribution in [1.82, 2.24) is 19.1 Å². The SMILES string of the molecule is CCN[S+]([O-])c1cnn(-c2ccc(-n3ccc(Cl)c(Cl)c3=O)cc2)c1C(F)(F)F.